The van der Waals surface area contributed by atoms with E-state index in [1.54, 1.807) is 6.08 Å². The molecule has 0 aliphatic heterocycles. The summed E-state index contributed by atoms with van der Waals surface area (Å²) in [6.45, 7) is 8.04. The van der Waals surface area contributed by atoms with Crippen LogP contribution in [0, 0.1) is 0 Å². The summed E-state index contributed by atoms with van der Waals surface area (Å²) in [6, 6.07) is 0. The zero-order chi connectivity index (χ0) is 13.5. The number of hydrogen-bond acceptors (Lipinski definition) is 4. The van der Waals surface area contributed by atoms with Gasteiger partial charge in [0.25, 0.3) is 0 Å². The molecule has 0 spiro atoms. The van der Waals surface area contributed by atoms with E-state index in [1.807, 2.05) is 0 Å². The summed E-state index contributed by atoms with van der Waals surface area (Å²) in [5.41, 5.74) is 0. The first-order chi connectivity index (χ1) is 8.81. The monoisotopic (exact) mass is 258 g/mol. The number of rotatable bonds is 13. The van der Waals surface area contributed by atoms with Crippen molar-refractivity contribution < 1.29 is 19.0 Å². The highest BCUT2D eigenvalue weighted by atomic mass is 16.6. The highest BCUT2D eigenvalue weighted by Gasteiger charge is 2.01. The number of carbonyl (C=O) groups is 1. The molecule has 4 nitrogen and oxygen atoms in total. The average Bonchev–Trinajstić information content (AvgIpc) is 2.38. The van der Waals surface area contributed by atoms with E-state index in [-0.39, 0.29) is 5.97 Å². The van der Waals surface area contributed by atoms with Gasteiger partial charge in [0, 0.05) is 6.42 Å². The smallest absolute Gasteiger partial charge is 0.305 e. The van der Waals surface area contributed by atoms with Gasteiger partial charge in [0.05, 0.1) is 26.4 Å². The lowest BCUT2D eigenvalue weighted by atomic mass is 10.2. The van der Waals surface area contributed by atoms with Gasteiger partial charge in [-0.1, -0.05) is 32.3 Å². The Labute approximate surface area is 110 Å². The molecule has 4 heteroatoms. The summed E-state index contributed by atoms with van der Waals surface area (Å²) < 4.78 is 15.4. The molecule has 0 radical (unpaired) electrons. The third-order valence-corrected chi connectivity index (χ3v) is 2.33. The molecule has 0 aliphatic carbocycles. The first-order valence-corrected chi connectivity index (χ1v) is 6.73. The molecular weight excluding hydrogens is 232 g/mol. The minimum atomic E-state index is -0.127. The first-order valence-electron chi connectivity index (χ1n) is 6.73. The molecule has 0 aliphatic rings. The molecule has 0 aromatic heterocycles. The number of ether oxygens (including phenoxy) is 3. The molecule has 106 valence electrons. The Morgan fingerprint density at radius 1 is 1.06 bits per heavy atom. The Bertz CT molecular complexity index is 204. The third kappa shape index (κ3) is 13.2. The van der Waals surface area contributed by atoms with Gasteiger partial charge in [-0.25, -0.2) is 0 Å². The summed E-state index contributed by atoms with van der Waals surface area (Å²) in [6.07, 6.45) is 6.59. The molecule has 0 aromatic rings. The Morgan fingerprint density at radius 2 is 1.78 bits per heavy atom. The molecule has 0 amide bonds. The second-order valence-electron chi connectivity index (χ2n) is 4.01. The van der Waals surface area contributed by atoms with E-state index in [4.69, 9.17) is 14.2 Å². The third-order valence-electron chi connectivity index (χ3n) is 2.33. The van der Waals surface area contributed by atoms with Gasteiger partial charge in [0.1, 0.15) is 6.61 Å². The maximum Gasteiger partial charge on any atom is 0.305 e. The zero-order valence-corrected chi connectivity index (χ0v) is 11.5. The Morgan fingerprint density at radius 3 is 2.50 bits per heavy atom. The fourth-order valence-electron chi connectivity index (χ4n) is 1.37. The van der Waals surface area contributed by atoms with Gasteiger partial charge in [-0.05, 0) is 6.42 Å². The van der Waals surface area contributed by atoms with Crippen molar-refractivity contribution in [3.63, 3.8) is 0 Å². The van der Waals surface area contributed by atoms with Crippen LogP contribution in [-0.4, -0.2) is 39.0 Å². The van der Waals surface area contributed by atoms with Crippen molar-refractivity contribution in [2.24, 2.45) is 0 Å². The van der Waals surface area contributed by atoms with Crippen LogP contribution in [0.2, 0.25) is 0 Å². The molecule has 0 fully saturated rings. The van der Waals surface area contributed by atoms with E-state index < -0.39 is 0 Å². The number of unbranched alkanes of at least 4 members (excludes halogenated alkanes) is 3. The molecule has 0 N–H and O–H groups in total. The fraction of sp³-hybridized carbons (Fsp3) is 0.786. The average molecular weight is 258 g/mol. The molecule has 18 heavy (non-hydrogen) atoms. The van der Waals surface area contributed by atoms with Gasteiger partial charge in [0.15, 0.2) is 0 Å². The van der Waals surface area contributed by atoms with Crippen molar-refractivity contribution in [3.05, 3.63) is 12.7 Å². The maximum atomic E-state index is 11.3. The predicted octanol–water partition coefficient (Wildman–Crippen LogP) is 2.72. The normalized spacial score (nSPS) is 10.3. The van der Waals surface area contributed by atoms with Gasteiger partial charge in [-0.2, -0.15) is 0 Å². The molecule has 0 bridgehead atoms. The summed E-state index contributed by atoms with van der Waals surface area (Å²) in [5, 5.41) is 0. The Balaban J connectivity index is 3.12. The van der Waals surface area contributed by atoms with Crippen molar-refractivity contribution >= 4 is 5.97 Å². The van der Waals surface area contributed by atoms with Crippen molar-refractivity contribution in [1.29, 1.82) is 0 Å². The van der Waals surface area contributed by atoms with Crippen LogP contribution in [0.3, 0.4) is 0 Å². The fourth-order valence-corrected chi connectivity index (χ4v) is 1.37. The topological polar surface area (TPSA) is 44.8 Å². The molecule has 0 atom stereocenters. The quantitative estimate of drug-likeness (QED) is 0.289. The standard InChI is InChI=1S/C14H26O4/c1-3-5-6-7-8-14(15)18-13-12-17-11-10-16-9-4-2/h4H,2-3,5-13H2,1H3. The Kier molecular flexibility index (Phi) is 13.5. The molecule has 0 unspecified atom stereocenters. The van der Waals surface area contributed by atoms with Gasteiger partial charge in [-0.3, -0.25) is 4.79 Å². The van der Waals surface area contributed by atoms with Crippen LogP contribution in [0.15, 0.2) is 12.7 Å². The van der Waals surface area contributed by atoms with E-state index in [0.29, 0.717) is 39.5 Å². The van der Waals surface area contributed by atoms with E-state index in [9.17, 15) is 4.79 Å². The summed E-state index contributed by atoms with van der Waals surface area (Å²) in [7, 11) is 0. The van der Waals surface area contributed by atoms with Crippen LogP contribution < -0.4 is 0 Å². The second-order valence-corrected chi connectivity index (χ2v) is 4.01. The van der Waals surface area contributed by atoms with Gasteiger partial charge >= 0.3 is 5.97 Å². The highest BCUT2D eigenvalue weighted by Crippen LogP contribution is 2.03. The van der Waals surface area contributed by atoms with Crippen LogP contribution in [-0.2, 0) is 19.0 Å². The molecule has 0 saturated carbocycles. The molecule has 0 heterocycles. The van der Waals surface area contributed by atoms with Crippen molar-refractivity contribution in [2.75, 3.05) is 33.0 Å². The number of carbonyl (C=O) groups excluding carboxylic acids is 1. The lowest BCUT2D eigenvalue weighted by Crippen LogP contribution is -2.12. The lowest BCUT2D eigenvalue weighted by Gasteiger charge is -2.06. The van der Waals surface area contributed by atoms with E-state index in [0.717, 1.165) is 12.8 Å². The van der Waals surface area contributed by atoms with Gasteiger partial charge in [-0.15, -0.1) is 6.58 Å². The minimum Gasteiger partial charge on any atom is -0.463 e. The zero-order valence-electron chi connectivity index (χ0n) is 11.5. The number of esters is 1. The molecular formula is C14H26O4. The molecule has 0 rings (SSSR count). The van der Waals surface area contributed by atoms with Crippen LogP contribution in [0.1, 0.15) is 39.0 Å². The van der Waals surface area contributed by atoms with Crippen LogP contribution in [0.25, 0.3) is 0 Å². The summed E-state index contributed by atoms with van der Waals surface area (Å²) in [4.78, 5) is 11.3. The Hall–Kier alpha value is -0.870. The summed E-state index contributed by atoms with van der Waals surface area (Å²) in [5.74, 6) is -0.127. The van der Waals surface area contributed by atoms with E-state index in [2.05, 4.69) is 13.5 Å². The SMILES string of the molecule is C=CCOCCOCCOC(=O)CCCCCC. The lowest BCUT2D eigenvalue weighted by molar-refractivity contribution is -0.145. The van der Waals surface area contributed by atoms with Crippen LogP contribution in [0.4, 0.5) is 0 Å². The van der Waals surface area contributed by atoms with Crippen molar-refractivity contribution in [3.8, 4) is 0 Å². The predicted molar refractivity (Wildman–Crippen MR) is 71.6 cm³/mol. The van der Waals surface area contributed by atoms with Crippen LogP contribution in [0.5, 0.6) is 0 Å². The largest absolute Gasteiger partial charge is 0.463 e. The van der Waals surface area contributed by atoms with Crippen molar-refractivity contribution in [1.82, 2.24) is 0 Å². The highest BCUT2D eigenvalue weighted by molar-refractivity contribution is 5.69. The van der Waals surface area contributed by atoms with E-state index >= 15 is 0 Å². The van der Waals surface area contributed by atoms with Crippen LogP contribution >= 0.6 is 0 Å². The second kappa shape index (κ2) is 14.2. The molecule has 0 aromatic carbocycles. The number of hydrogen-bond donors (Lipinski definition) is 0. The first kappa shape index (κ1) is 17.1. The van der Waals surface area contributed by atoms with Crippen molar-refractivity contribution in [2.45, 2.75) is 39.0 Å². The minimum absolute atomic E-state index is 0.127. The van der Waals surface area contributed by atoms with E-state index in [1.165, 1.54) is 12.8 Å². The van der Waals surface area contributed by atoms with Gasteiger partial charge in [0.2, 0.25) is 0 Å². The maximum absolute atomic E-state index is 11.3. The molecule has 0 saturated heterocycles. The summed E-state index contributed by atoms with van der Waals surface area (Å²) >= 11 is 0. The van der Waals surface area contributed by atoms with Gasteiger partial charge < -0.3 is 14.2 Å².